The largest absolute Gasteiger partial charge is 0.480 e. The summed E-state index contributed by atoms with van der Waals surface area (Å²) in [5.74, 6) is -0.815. The van der Waals surface area contributed by atoms with E-state index in [1.165, 1.54) is 0 Å². The summed E-state index contributed by atoms with van der Waals surface area (Å²) in [6, 6.07) is 4.83. The van der Waals surface area contributed by atoms with Crippen molar-refractivity contribution in [3.05, 3.63) is 29.0 Å². The van der Waals surface area contributed by atoms with Gasteiger partial charge in [0.2, 0.25) is 0 Å². The minimum atomic E-state index is -1.00. The monoisotopic (exact) mass is 232 g/mol. The number of nitrogens with two attached hydrogens (primary N) is 1. The smallest absolute Gasteiger partial charge is 0.321 e. The number of carboxylic acid groups (broad SMARTS) is 1. The van der Waals surface area contributed by atoms with Crippen molar-refractivity contribution < 1.29 is 9.90 Å². The molecular formula is C8H12N2O2S2. The highest BCUT2D eigenvalue weighted by Gasteiger charge is 2.06. The van der Waals surface area contributed by atoms with Crippen LogP contribution in [0.4, 0.5) is 0 Å². The second-order valence-corrected chi connectivity index (χ2v) is 3.16. The first kappa shape index (κ1) is 13.2. The maximum atomic E-state index is 9.76. The number of rotatable bonds is 2. The van der Waals surface area contributed by atoms with E-state index >= 15 is 0 Å². The van der Waals surface area contributed by atoms with E-state index in [1.54, 1.807) is 0 Å². The molecule has 1 atom stereocenters. The summed E-state index contributed by atoms with van der Waals surface area (Å²) >= 11 is 8.41. The highest BCUT2D eigenvalue weighted by atomic mass is 32.1. The Morgan fingerprint density at radius 2 is 2.36 bits per heavy atom. The molecule has 0 radical (unpaired) electrons. The molecule has 78 valence electrons. The SMILES string of the molecule is N[C@@H](CS)C(=O)O.S=c1cccc[nH]1. The summed E-state index contributed by atoms with van der Waals surface area (Å²) in [6.45, 7) is 0. The summed E-state index contributed by atoms with van der Waals surface area (Å²) in [5.41, 5.74) is 4.94. The molecule has 14 heavy (non-hydrogen) atoms. The molecule has 0 bridgehead atoms. The first-order valence-electron chi connectivity index (χ1n) is 3.81. The summed E-state index contributed by atoms with van der Waals surface area (Å²) in [7, 11) is 0. The summed E-state index contributed by atoms with van der Waals surface area (Å²) in [5, 5.41) is 8.01. The standard InChI is InChI=1S/C5H5NS.C3H7NO2S/c7-5-3-1-2-4-6-5;4-2(1-7)3(5)6/h1-4H,(H,6,7);2,7H,1,4H2,(H,5,6)/t;2-/m.0/s1. The molecule has 0 aliphatic rings. The van der Waals surface area contributed by atoms with Gasteiger partial charge in [0, 0.05) is 11.9 Å². The van der Waals surface area contributed by atoms with Crippen LogP contribution < -0.4 is 5.73 Å². The third-order valence-electron chi connectivity index (χ3n) is 1.19. The van der Waals surface area contributed by atoms with Crippen molar-refractivity contribution in [3.8, 4) is 0 Å². The predicted molar refractivity (Wildman–Crippen MR) is 61.1 cm³/mol. The van der Waals surface area contributed by atoms with Gasteiger partial charge >= 0.3 is 5.97 Å². The molecule has 0 fully saturated rings. The zero-order valence-electron chi connectivity index (χ0n) is 7.38. The fourth-order valence-electron chi connectivity index (χ4n) is 0.455. The fraction of sp³-hybridized carbons (Fsp3) is 0.250. The Morgan fingerprint density at radius 3 is 2.50 bits per heavy atom. The Bertz CT molecular complexity index is 310. The van der Waals surface area contributed by atoms with E-state index in [9.17, 15) is 4.79 Å². The van der Waals surface area contributed by atoms with Crippen molar-refractivity contribution in [2.24, 2.45) is 5.73 Å². The lowest BCUT2D eigenvalue weighted by molar-refractivity contribution is -0.137. The minimum Gasteiger partial charge on any atom is -0.480 e. The van der Waals surface area contributed by atoms with Crippen LogP contribution in [-0.2, 0) is 4.79 Å². The van der Waals surface area contributed by atoms with Gasteiger partial charge < -0.3 is 15.8 Å². The Balaban J connectivity index is 0.000000241. The number of pyridine rings is 1. The van der Waals surface area contributed by atoms with Crippen LogP contribution in [0, 0.1) is 4.64 Å². The number of thiol groups is 1. The summed E-state index contributed by atoms with van der Waals surface area (Å²) in [4.78, 5) is 12.6. The first-order chi connectivity index (χ1) is 6.57. The van der Waals surface area contributed by atoms with Crippen LogP contribution in [0.3, 0.4) is 0 Å². The highest BCUT2D eigenvalue weighted by molar-refractivity contribution is 7.80. The van der Waals surface area contributed by atoms with Gasteiger partial charge in [-0.2, -0.15) is 12.6 Å². The van der Waals surface area contributed by atoms with E-state index in [-0.39, 0.29) is 5.75 Å². The Kier molecular flexibility index (Phi) is 7.09. The van der Waals surface area contributed by atoms with E-state index in [0.29, 0.717) is 0 Å². The molecular weight excluding hydrogens is 220 g/mol. The predicted octanol–water partition coefficient (Wildman–Crippen LogP) is 1.07. The molecule has 1 rings (SSSR count). The number of carbonyl (C=O) groups is 1. The quantitative estimate of drug-likeness (QED) is 0.454. The van der Waals surface area contributed by atoms with Crippen molar-refractivity contribution in [2.75, 3.05) is 5.75 Å². The van der Waals surface area contributed by atoms with E-state index in [2.05, 4.69) is 17.6 Å². The molecule has 1 heterocycles. The third kappa shape index (κ3) is 6.64. The minimum absolute atomic E-state index is 0.190. The van der Waals surface area contributed by atoms with Crippen LogP contribution in [0.15, 0.2) is 24.4 Å². The lowest BCUT2D eigenvalue weighted by Gasteiger charge is -1.96. The average molecular weight is 232 g/mol. The van der Waals surface area contributed by atoms with Crippen LogP contribution in [-0.4, -0.2) is 27.9 Å². The second-order valence-electron chi connectivity index (χ2n) is 2.35. The van der Waals surface area contributed by atoms with E-state index in [0.717, 1.165) is 4.64 Å². The van der Waals surface area contributed by atoms with Gasteiger partial charge in [-0.3, -0.25) is 4.79 Å². The van der Waals surface area contributed by atoms with Crippen LogP contribution in [0.25, 0.3) is 0 Å². The van der Waals surface area contributed by atoms with E-state index in [4.69, 9.17) is 23.1 Å². The molecule has 0 saturated heterocycles. The van der Waals surface area contributed by atoms with Crippen LogP contribution in [0.1, 0.15) is 0 Å². The lowest BCUT2D eigenvalue weighted by atomic mass is 10.4. The van der Waals surface area contributed by atoms with Crippen molar-refractivity contribution in [3.63, 3.8) is 0 Å². The Labute approximate surface area is 92.6 Å². The lowest BCUT2D eigenvalue weighted by Crippen LogP contribution is -2.31. The first-order valence-corrected chi connectivity index (χ1v) is 4.85. The maximum absolute atomic E-state index is 9.76. The molecule has 0 aliphatic carbocycles. The van der Waals surface area contributed by atoms with Crippen LogP contribution in [0.5, 0.6) is 0 Å². The van der Waals surface area contributed by atoms with Gasteiger partial charge in [0.15, 0.2) is 0 Å². The number of hydrogen-bond donors (Lipinski definition) is 4. The van der Waals surface area contributed by atoms with Gasteiger partial charge in [-0.25, -0.2) is 0 Å². The summed E-state index contributed by atoms with van der Waals surface area (Å²) in [6.07, 6.45) is 1.81. The molecule has 0 amide bonds. The molecule has 1 aromatic heterocycles. The maximum Gasteiger partial charge on any atom is 0.321 e. The molecule has 0 saturated carbocycles. The molecule has 1 aromatic rings. The van der Waals surface area contributed by atoms with Gasteiger partial charge in [0.25, 0.3) is 0 Å². The topological polar surface area (TPSA) is 79.1 Å². The van der Waals surface area contributed by atoms with Crippen LogP contribution in [0.2, 0.25) is 0 Å². The Hall–Kier alpha value is -0.850. The number of H-pyrrole nitrogens is 1. The number of hydrogen-bond acceptors (Lipinski definition) is 4. The molecule has 0 aliphatic heterocycles. The van der Waals surface area contributed by atoms with Gasteiger partial charge in [-0.05, 0) is 12.1 Å². The fourth-order valence-corrected chi connectivity index (χ4v) is 0.758. The van der Waals surface area contributed by atoms with Gasteiger partial charge in [0.1, 0.15) is 10.7 Å². The normalized spacial score (nSPS) is 11.0. The van der Waals surface area contributed by atoms with Gasteiger partial charge in [-0.1, -0.05) is 18.3 Å². The molecule has 0 aromatic carbocycles. The van der Waals surface area contributed by atoms with Crippen LogP contribution >= 0.6 is 24.8 Å². The summed E-state index contributed by atoms with van der Waals surface area (Å²) < 4.78 is 0.780. The van der Waals surface area contributed by atoms with Crippen molar-refractivity contribution in [1.82, 2.24) is 4.98 Å². The molecule has 0 unspecified atom stereocenters. The molecule has 4 N–H and O–H groups in total. The number of carboxylic acids is 1. The number of nitrogens with one attached hydrogen (secondary N) is 1. The third-order valence-corrected chi connectivity index (χ3v) is 1.84. The van der Waals surface area contributed by atoms with Crippen molar-refractivity contribution in [1.29, 1.82) is 0 Å². The number of aromatic nitrogens is 1. The van der Waals surface area contributed by atoms with Crippen molar-refractivity contribution >= 4 is 30.8 Å². The highest BCUT2D eigenvalue weighted by Crippen LogP contribution is 1.81. The Morgan fingerprint density at radius 1 is 1.71 bits per heavy atom. The number of aliphatic carboxylic acids is 1. The van der Waals surface area contributed by atoms with E-state index in [1.807, 2.05) is 24.4 Å². The van der Waals surface area contributed by atoms with E-state index < -0.39 is 12.0 Å². The van der Waals surface area contributed by atoms with Gasteiger partial charge in [0.05, 0.1) is 0 Å². The molecule has 6 heteroatoms. The average Bonchev–Trinajstić information content (AvgIpc) is 2.18. The zero-order chi connectivity index (χ0) is 11.0. The molecule has 0 spiro atoms. The number of aromatic amines is 1. The van der Waals surface area contributed by atoms with Gasteiger partial charge in [-0.15, -0.1) is 0 Å². The van der Waals surface area contributed by atoms with Crippen molar-refractivity contribution in [2.45, 2.75) is 6.04 Å². The second kappa shape index (κ2) is 7.54. The zero-order valence-corrected chi connectivity index (χ0v) is 9.09. The molecule has 4 nitrogen and oxygen atoms in total.